The molecule has 1 aliphatic heterocycles. The summed E-state index contributed by atoms with van der Waals surface area (Å²) in [6, 6.07) is 5.65. The van der Waals surface area contributed by atoms with Crippen molar-refractivity contribution in [2.75, 3.05) is 13.7 Å². The smallest absolute Gasteiger partial charge is 0.237 e. The topological polar surface area (TPSA) is 59.6 Å². The van der Waals surface area contributed by atoms with Crippen LogP contribution in [0, 0.1) is 0 Å². The first-order valence-corrected chi connectivity index (χ1v) is 7.89. The number of benzene rings is 1. The number of carbonyl (C=O) groups is 1. The summed E-state index contributed by atoms with van der Waals surface area (Å²) < 4.78 is 11.1. The number of rotatable bonds is 6. The average molecular weight is 306 g/mol. The monoisotopic (exact) mass is 306 g/mol. The summed E-state index contributed by atoms with van der Waals surface area (Å²) in [6.45, 7) is 6.85. The van der Waals surface area contributed by atoms with Gasteiger partial charge in [-0.1, -0.05) is 6.07 Å². The van der Waals surface area contributed by atoms with Crippen molar-refractivity contribution in [2.24, 2.45) is 0 Å². The van der Waals surface area contributed by atoms with E-state index in [4.69, 9.17) is 9.47 Å². The molecule has 0 aromatic heterocycles. The van der Waals surface area contributed by atoms with E-state index in [1.54, 1.807) is 7.11 Å². The van der Waals surface area contributed by atoms with Gasteiger partial charge in [0, 0.05) is 0 Å². The van der Waals surface area contributed by atoms with Gasteiger partial charge in [-0.3, -0.25) is 4.79 Å². The van der Waals surface area contributed by atoms with Crippen LogP contribution in [0.3, 0.4) is 0 Å². The minimum atomic E-state index is -0.0723. The van der Waals surface area contributed by atoms with E-state index in [2.05, 4.69) is 10.6 Å². The molecule has 1 fully saturated rings. The summed E-state index contributed by atoms with van der Waals surface area (Å²) in [5.41, 5.74) is 0.999. The number of amides is 1. The van der Waals surface area contributed by atoms with Crippen molar-refractivity contribution in [1.29, 1.82) is 0 Å². The van der Waals surface area contributed by atoms with E-state index in [1.807, 2.05) is 39.0 Å². The van der Waals surface area contributed by atoms with Gasteiger partial charge in [-0.05, 0) is 57.9 Å². The molecule has 1 aromatic rings. The Labute approximate surface area is 132 Å². The Kier molecular flexibility index (Phi) is 5.66. The molecule has 1 heterocycles. The highest BCUT2D eigenvalue weighted by Gasteiger charge is 2.23. The van der Waals surface area contributed by atoms with Gasteiger partial charge in [0.1, 0.15) is 0 Å². The maximum atomic E-state index is 12.2. The van der Waals surface area contributed by atoms with Crippen molar-refractivity contribution in [3.63, 3.8) is 0 Å². The standard InChI is InChI=1S/C17H26N2O3/c1-11(2)22-15-8-7-13(10-16(15)21-4)12(3)19-17(20)14-6-5-9-18-14/h7-8,10-12,14,18H,5-6,9H2,1-4H3,(H,19,20). The van der Waals surface area contributed by atoms with Gasteiger partial charge >= 0.3 is 0 Å². The van der Waals surface area contributed by atoms with Crippen LogP contribution >= 0.6 is 0 Å². The maximum absolute atomic E-state index is 12.2. The second kappa shape index (κ2) is 7.49. The van der Waals surface area contributed by atoms with Gasteiger partial charge < -0.3 is 20.1 Å². The zero-order valence-corrected chi connectivity index (χ0v) is 13.8. The van der Waals surface area contributed by atoms with Gasteiger partial charge in [0.2, 0.25) is 5.91 Å². The number of hydrogen-bond acceptors (Lipinski definition) is 4. The lowest BCUT2D eigenvalue weighted by atomic mass is 10.1. The Hall–Kier alpha value is -1.75. The highest BCUT2D eigenvalue weighted by molar-refractivity contribution is 5.82. The fraction of sp³-hybridized carbons (Fsp3) is 0.588. The van der Waals surface area contributed by atoms with Crippen LogP contribution in [0.15, 0.2) is 18.2 Å². The Balaban J connectivity index is 2.05. The summed E-state index contributed by atoms with van der Waals surface area (Å²) in [5, 5.41) is 6.26. The van der Waals surface area contributed by atoms with E-state index in [-0.39, 0.29) is 24.1 Å². The van der Waals surface area contributed by atoms with Gasteiger partial charge in [-0.2, -0.15) is 0 Å². The quantitative estimate of drug-likeness (QED) is 0.847. The Morgan fingerprint density at radius 2 is 2.09 bits per heavy atom. The molecular formula is C17H26N2O3. The third-order valence-electron chi connectivity index (χ3n) is 3.79. The van der Waals surface area contributed by atoms with Gasteiger partial charge in [-0.25, -0.2) is 0 Å². The zero-order chi connectivity index (χ0) is 16.1. The van der Waals surface area contributed by atoms with Crippen molar-refractivity contribution in [2.45, 2.75) is 51.8 Å². The predicted octanol–water partition coefficient (Wildman–Crippen LogP) is 2.41. The summed E-state index contributed by atoms with van der Waals surface area (Å²) >= 11 is 0. The van der Waals surface area contributed by atoms with Crippen LogP contribution in [-0.4, -0.2) is 31.7 Å². The van der Waals surface area contributed by atoms with Crippen molar-refractivity contribution >= 4 is 5.91 Å². The van der Waals surface area contributed by atoms with E-state index in [0.717, 1.165) is 30.7 Å². The molecule has 2 unspecified atom stereocenters. The number of nitrogens with one attached hydrogen (secondary N) is 2. The molecule has 5 heteroatoms. The lowest BCUT2D eigenvalue weighted by Gasteiger charge is -2.20. The molecule has 2 N–H and O–H groups in total. The minimum absolute atomic E-state index is 0.0615. The molecule has 122 valence electrons. The summed E-state index contributed by atoms with van der Waals surface area (Å²) in [7, 11) is 1.62. The molecule has 2 atom stereocenters. The minimum Gasteiger partial charge on any atom is -0.493 e. The van der Waals surface area contributed by atoms with E-state index in [9.17, 15) is 4.79 Å². The van der Waals surface area contributed by atoms with Crippen LogP contribution < -0.4 is 20.1 Å². The summed E-state index contributed by atoms with van der Waals surface area (Å²) in [4.78, 5) is 12.2. The van der Waals surface area contributed by atoms with Gasteiger partial charge in [-0.15, -0.1) is 0 Å². The molecule has 0 aliphatic carbocycles. The summed E-state index contributed by atoms with van der Waals surface area (Å²) in [6.07, 6.45) is 2.05. The van der Waals surface area contributed by atoms with Crippen molar-refractivity contribution in [3.05, 3.63) is 23.8 Å². The van der Waals surface area contributed by atoms with E-state index < -0.39 is 0 Å². The van der Waals surface area contributed by atoms with Crippen LogP contribution in [0.4, 0.5) is 0 Å². The highest BCUT2D eigenvalue weighted by atomic mass is 16.5. The van der Waals surface area contributed by atoms with Crippen LogP contribution in [0.5, 0.6) is 11.5 Å². The zero-order valence-electron chi connectivity index (χ0n) is 13.8. The molecule has 1 amide bonds. The first-order valence-electron chi connectivity index (χ1n) is 7.89. The second-order valence-corrected chi connectivity index (χ2v) is 5.96. The Morgan fingerprint density at radius 3 is 2.68 bits per heavy atom. The number of hydrogen-bond donors (Lipinski definition) is 2. The number of methoxy groups -OCH3 is 1. The molecular weight excluding hydrogens is 280 g/mol. The fourth-order valence-corrected chi connectivity index (χ4v) is 2.61. The molecule has 5 nitrogen and oxygen atoms in total. The summed E-state index contributed by atoms with van der Waals surface area (Å²) in [5.74, 6) is 1.47. The first-order chi connectivity index (χ1) is 10.5. The predicted molar refractivity (Wildman–Crippen MR) is 86.3 cm³/mol. The van der Waals surface area contributed by atoms with Gasteiger partial charge in [0.05, 0.1) is 25.3 Å². The molecule has 0 saturated carbocycles. The number of carbonyl (C=O) groups excluding carboxylic acids is 1. The van der Waals surface area contributed by atoms with Crippen LogP contribution in [0.2, 0.25) is 0 Å². The largest absolute Gasteiger partial charge is 0.493 e. The number of ether oxygens (including phenoxy) is 2. The third kappa shape index (κ3) is 4.13. The lowest BCUT2D eigenvalue weighted by Crippen LogP contribution is -2.41. The molecule has 1 aliphatic rings. The Morgan fingerprint density at radius 1 is 1.32 bits per heavy atom. The fourth-order valence-electron chi connectivity index (χ4n) is 2.61. The molecule has 1 aromatic carbocycles. The van der Waals surface area contributed by atoms with Crippen molar-refractivity contribution in [3.8, 4) is 11.5 Å². The van der Waals surface area contributed by atoms with Crippen LogP contribution in [0.1, 0.15) is 45.2 Å². The van der Waals surface area contributed by atoms with Gasteiger partial charge in [0.15, 0.2) is 11.5 Å². The molecule has 0 radical (unpaired) electrons. The van der Waals surface area contributed by atoms with Crippen molar-refractivity contribution < 1.29 is 14.3 Å². The van der Waals surface area contributed by atoms with E-state index in [1.165, 1.54) is 0 Å². The normalized spacial score (nSPS) is 19.0. The Bertz CT molecular complexity index is 511. The van der Waals surface area contributed by atoms with Crippen molar-refractivity contribution in [1.82, 2.24) is 10.6 Å². The first kappa shape index (κ1) is 16.6. The lowest BCUT2D eigenvalue weighted by molar-refractivity contribution is -0.123. The maximum Gasteiger partial charge on any atom is 0.237 e. The molecule has 1 saturated heterocycles. The molecule has 0 spiro atoms. The average Bonchev–Trinajstić information content (AvgIpc) is 3.01. The SMILES string of the molecule is COc1cc(C(C)NC(=O)C2CCCN2)ccc1OC(C)C. The molecule has 0 bridgehead atoms. The molecule has 2 rings (SSSR count). The molecule has 22 heavy (non-hydrogen) atoms. The highest BCUT2D eigenvalue weighted by Crippen LogP contribution is 2.31. The van der Waals surface area contributed by atoms with Crippen LogP contribution in [0.25, 0.3) is 0 Å². The van der Waals surface area contributed by atoms with E-state index in [0.29, 0.717) is 5.75 Å². The van der Waals surface area contributed by atoms with Gasteiger partial charge in [0.25, 0.3) is 0 Å². The third-order valence-corrected chi connectivity index (χ3v) is 3.79. The second-order valence-electron chi connectivity index (χ2n) is 5.96. The van der Waals surface area contributed by atoms with E-state index >= 15 is 0 Å². The van der Waals surface area contributed by atoms with Crippen LogP contribution in [-0.2, 0) is 4.79 Å².